The minimum absolute atomic E-state index is 0.00906. The molecule has 0 atom stereocenters. The molecule has 0 radical (unpaired) electrons. The van der Waals surface area contributed by atoms with E-state index in [0.29, 0.717) is 13.0 Å². The van der Waals surface area contributed by atoms with Crippen LogP contribution in [0.4, 0.5) is 17.6 Å². The van der Waals surface area contributed by atoms with Crippen molar-refractivity contribution < 1.29 is 22.4 Å². The van der Waals surface area contributed by atoms with Crippen LogP contribution in [0.2, 0.25) is 0 Å². The van der Waals surface area contributed by atoms with Crippen molar-refractivity contribution >= 4 is 5.91 Å². The van der Waals surface area contributed by atoms with Crippen LogP contribution >= 0.6 is 0 Å². The maximum atomic E-state index is 12.8. The van der Waals surface area contributed by atoms with Crippen molar-refractivity contribution in [2.75, 3.05) is 6.54 Å². The van der Waals surface area contributed by atoms with E-state index in [4.69, 9.17) is 0 Å². The Morgan fingerprint density at radius 1 is 1.11 bits per heavy atom. The SMILES string of the molecule is O=C(Cn1nnc(-c2cccc(C(F)(F)F)c2)n1)NCCc1ccc(F)cc1. The first-order valence-electron chi connectivity index (χ1n) is 8.28. The second-order valence-electron chi connectivity index (χ2n) is 5.95. The lowest BCUT2D eigenvalue weighted by Gasteiger charge is -2.06. The second kappa shape index (κ2) is 8.15. The van der Waals surface area contributed by atoms with E-state index in [9.17, 15) is 22.4 Å². The van der Waals surface area contributed by atoms with Crippen molar-refractivity contribution in [3.63, 3.8) is 0 Å². The van der Waals surface area contributed by atoms with E-state index >= 15 is 0 Å². The van der Waals surface area contributed by atoms with Crippen molar-refractivity contribution in [3.8, 4) is 11.4 Å². The van der Waals surface area contributed by atoms with E-state index in [1.807, 2.05) is 0 Å². The topological polar surface area (TPSA) is 72.7 Å². The van der Waals surface area contributed by atoms with Gasteiger partial charge in [-0.3, -0.25) is 4.79 Å². The number of benzene rings is 2. The Labute approximate surface area is 157 Å². The molecule has 28 heavy (non-hydrogen) atoms. The van der Waals surface area contributed by atoms with Gasteiger partial charge >= 0.3 is 6.18 Å². The van der Waals surface area contributed by atoms with Gasteiger partial charge < -0.3 is 5.32 Å². The van der Waals surface area contributed by atoms with Crippen LogP contribution in [0.15, 0.2) is 48.5 Å². The lowest BCUT2D eigenvalue weighted by atomic mass is 10.1. The maximum absolute atomic E-state index is 12.8. The summed E-state index contributed by atoms with van der Waals surface area (Å²) in [6, 6.07) is 10.5. The molecule has 3 rings (SSSR count). The first-order chi connectivity index (χ1) is 13.3. The fourth-order valence-corrected chi connectivity index (χ4v) is 2.44. The number of carbonyl (C=O) groups excluding carboxylic acids is 1. The summed E-state index contributed by atoms with van der Waals surface area (Å²) in [6.45, 7) is 0.106. The summed E-state index contributed by atoms with van der Waals surface area (Å²) in [7, 11) is 0. The molecule has 3 aromatic rings. The van der Waals surface area contributed by atoms with E-state index in [1.54, 1.807) is 12.1 Å². The zero-order chi connectivity index (χ0) is 20.1. The lowest BCUT2D eigenvalue weighted by Crippen LogP contribution is -2.30. The summed E-state index contributed by atoms with van der Waals surface area (Å²) >= 11 is 0. The van der Waals surface area contributed by atoms with Crippen LogP contribution in [0.5, 0.6) is 0 Å². The summed E-state index contributed by atoms with van der Waals surface area (Å²) in [4.78, 5) is 12.9. The predicted molar refractivity (Wildman–Crippen MR) is 91.4 cm³/mol. The van der Waals surface area contributed by atoms with Gasteiger partial charge in [0.25, 0.3) is 0 Å². The average molecular weight is 393 g/mol. The number of carbonyl (C=O) groups is 1. The predicted octanol–water partition coefficient (Wildman–Crippen LogP) is 2.86. The highest BCUT2D eigenvalue weighted by molar-refractivity contribution is 5.75. The monoisotopic (exact) mass is 393 g/mol. The molecule has 0 aliphatic rings. The van der Waals surface area contributed by atoms with Gasteiger partial charge in [0.1, 0.15) is 12.4 Å². The Balaban J connectivity index is 1.55. The van der Waals surface area contributed by atoms with Crippen molar-refractivity contribution in [1.29, 1.82) is 0 Å². The third-order valence-corrected chi connectivity index (χ3v) is 3.84. The fraction of sp³-hybridized carbons (Fsp3) is 0.222. The number of nitrogens with zero attached hydrogens (tertiary/aromatic N) is 4. The maximum Gasteiger partial charge on any atom is 0.416 e. The van der Waals surface area contributed by atoms with Crippen LogP contribution in [0, 0.1) is 5.82 Å². The van der Waals surface area contributed by atoms with Crippen molar-refractivity contribution in [2.45, 2.75) is 19.1 Å². The quantitative estimate of drug-likeness (QED) is 0.654. The minimum Gasteiger partial charge on any atom is -0.354 e. The number of halogens is 4. The van der Waals surface area contributed by atoms with Gasteiger partial charge in [-0.25, -0.2) is 4.39 Å². The highest BCUT2D eigenvalue weighted by Gasteiger charge is 2.30. The number of tetrazole rings is 1. The van der Waals surface area contributed by atoms with Gasteiger partial charge in [-0.2, -0.15) is 18.0 Å². The molecule has 0 spiro atoms. The van der Waals surface area contributed by atoms with Crippen LogP contribution < -0.4 is 5.32 Å². The van der Waals surface area contributed by atoms with E-state index in [1.165, 1.54) is 24.3 Å². The Morgan fingerprint density at radius 2 is 1.86 bits per heavy atom. The number of hydrogen-bond donors (Lipinski definition) is 1. The summed E-state index contributed by atoms with van der Waals surface area (Å²) < 4.78 is 51.2. The number of nitrogens with one attached hydrogen (secondary N) is 1. The summed E-state index contributed by atoms with van der Waals surface area (Å²) in [5.41, 5.74) is 0.199. The Morgan fingerprint density at radius 3 is 2.57 bits per heavy atom. The molecule has 0 saturated heterocycles. The van der Waals surface area contributed by atoms with Gasteiger partial charge in [-0.05, 0) is 41.5 Å². The number of alkyl halides is 3. The lowest BCUT2D eigenvalue weighted by molar-refractivity contribution is -0.137. The molecule has 146 valence electrons. The standard InChI is InChI=1S/C18H15F4N5O/c19-15-6-4-12(5-7-15)8-9-23-16(28)11-27-25-17(24-26-27)13-2-1-3-14(10-13)18(20,21)22/h1-7,10H,8-9,11H2,(H,23,28). The van der Waals surface area contributed by atoms with Crippen molar-refractivity contribution in [1.82, 2.24) is 25.5 Å². The third kappa shape index (κ3) is 5.12. The average Bonchev–Trinajstić information content (AvgIpc) is 3.11. The third-order valence-electron chi connectivity index (χ3n) is 3.84. The molecule has 0 aliphatic carbocycles. The van der Waals surface area contributed by atoms with E-state index < -0.39 is 11.7 Å². The molecule has 0 fully saturated rings. The fourth-order valence-electron chi connectivity index (χ4n) is 2.44. The number of rotatable bonds is 6. The molecule has 1 aromatic heterocycles. The molecule has 1 heterocycles. The molecule has 10 heteroatoms. The van der Waals surface area contributed by atoms with Gasteiger partial charge in [0.05, 0.1) is 5.56 Å². The highest BCUT2D eigenvalue weighted by atomic mass is 19.4. The minimum atomic E-state index is -4.48. The van der Waals surface area contributed by atoms with Gasteiger partial charge in [0.15, 0.2) is 0 Å². The molecule has 6 nitrogen and oxygen atoms in total. The number of amides is 1. The molecular weight excluding hydrogens is 378 g/mol. The van der Waals surface area contributed by atoms with Crippen molar-refractivity contribution in [3.05, 3.63) is 65.5 Å². The van der Waals surface area contributed by atoms with Crippen LogP contribution in [-0.4, -0.2) is 32.7 Å². The molecule has 1 amide bonds. The molecule has 0 aliphatic heterocycles. The zero-order valence-electron chi connectivity index (χ0n) is 14.4. The van der Waals surface area contributed by atoms with Gasteiger partial charge in [-0.15, -0.1) is 10.2 Å². The Kier molecular flexibility index (Phi) is 5.67. The van der Waals surface area contributed by atoms with Crippen LogP contribution in [0.1, 0.15) is 11.1 Å². The summed E-state index contributed by atoms with van der Waals surface area (Å²) in [5.74, 6) is -0.720. The Hall–Kier alpha value is -3.30. The smallest absolute Gasteiger partial charge is 0.354 e. The number of hydrogen-bond acceptors (Lipinski definition) is 4. The second-order valence-corrected chi connectivity index (χ2v) is 5.95. The van der Waals surface area contributed by atoms with Gasteiger partial charge in [-0.1, -0.05) is 24.3 Å². The Bertz CT molecular complexity index is 953. The number of aromatic nitrogens is 4. The zero-order valence-corrected chi connectivity index (χ0v) is 14.4. The van der Waals surface area contributed by atoms with Crippen LogP contribution in [-0.2, 0) is 23.9 Å². The van der Waals surface area contributed by atoms with E-state index in [0.717, 1.165) is 22.5 Å². The van der Waals surface area contributed by atoms with Crippen LogP contribution in [0.25, 0.3) is 11.4 Å². The molecule has 0 unspecified atom stereocenters. The molecule has 0 saturated carbocycles. The van der Waals surface area contributed by atoms with Crippen LogP contribution in [0.3, 0.4) is 0 Å². The van der Waals surface area contributed by atoms with E-state index in [2.05, 4.69) is 20.7 Å². The largest absolute Gasteiger partial charge is 0.416 e. The first kappa shape index (κ1) is 19.5. The van der Waals surface area contributed by atoms with Crippen molar-refractivity contribution in [2.24, 2.45) is 0 Å². The summed E-state index contributed by atoms with van der Waals surface area (Å²) in [5, 5.41) is 14.0. The summed E-state index contributed by atoms with van der Waals surface area (Å²) in [6.07, 6.45) is -3.96. The normalized spacial score (nSPS) is 11.4. The van der Waals surface area contributed by atoms with E-state index in [-0.39, 0.29) is 29.7 Å². The highest BCUT2D eigenvalue weighted by Crippen LogP contribution is 2.31. The molecule has 0 bridgehead atoms. The van der Waals surface area contributed by atoms with Gasteiger partial charge in [0.2, 0.25) is 11.7 Å². The molecular formula is C18H15F4N5O. The van der Waals surface area contributed by atoms with Gasteiger partial charge in [0, 0.05) is 12.1 Å². The first-order valence-corrected chi connectivity index (χ1v) is 8.28. The molecule has 1 N–H and O–H groups in total. The molecule has 2 aromatic carbocycles.